The quantitative estimate of drug-likeness (QED) is 0.191. The summed E-state index contributed by atoms with van der Waals surface area (Å²) in [6.07, 6.45) is 0.476. The predicted octanol–water partition coefficient (Wildman–Crippen LogP) is 6.75. The maximum absolute atomic E-state index is 7.06. The standard InChI is InChI=1S/C26H34I2O4Si/c1-33(2,3)32-22-14-21(15-27)30-24(19-10-6-4-7-11-19)25(20-12-8-5-9-13-20)31-23-16-29-18-26(22,23)17-28/h4-13,21-25H,14-18H2,1-3H3/t21-,22?,23?,24+,25+,26+/m0/s1. The van der Waals surface area contributed by atoms with Crippen LogP contribution in [0.15, 0.2) is 60.7 Å². The van der Waals surface area contributed by atoms with Gasteiger partial charge in [0.15, 0.2) is 8.32 Å². The second kappa shape index (κ2) is 11.3. The molecule has 180 valence electrons. The Morgan fingerprint density at radius 3 is 2.00 bits per heavy atom. The molecule has 2 unspecified atom stereocenters. The predicted molar refractivity (Wildman–Crippen MR) is 152 cm³/mol. The Hall–Kier alpha value is -0.0431. The number of halogens is 2. The van der Waals surface area contributed by atoms with Crippen molar-refractivity contribution in [1.29, 1.82) is 0 Å². The van der Waals surface area contributed by atoms with Crippen LogP contribution in [0.25, 0.3) is 0 Å². The summed E-state index contributed by atoms with van der Waals surface area (Å²) in [5.74, 6) is 0. The molecule has 0 aromatic heterocycles. The Labute approximate surface area is 226 Å². The smallest absolute Gasteiger partial charge is 0.184 e. The molecule has 0 radical (unpaired) electrons. The van der Waals surface area contributed by atoms with Gasteiger partial charge in [0.25, 0.3) is 0 Å². The fourth-order valence-electron chi connectivity index (χ4n) is 4.84. The number of hydrogen-bond acceptors (Lipinski definition) is 4. The summed E-state index contributed by atoms with van der Waals surface area (Å²) in [5.41, 5.74) is 2.09. The Kier molecular flexibility index (Phi) is 8.95. The lowest BCUT2D eigenvalue weighted by molar-refractivity contribution is -0.131. The average Bonchev–Trinajstić information content (AvgIpc) is 3.24. The second-order valence-electron chi connectivity index (χ2n) is 10.0. The summed E-state index contributed by atoms with van der Waals surface area (Å²) in [6, 6.07) is 21.0. The van der Waals surface area contributed by atoms with Gasteiger partial charge in [0.1, 0.15) is 12.2 Å². The van der Waals surface area contributed by atoms with E-state index in [2.05, 4.69) is 125 Å². The molecule has 2 heterocycles. The molecule has 0 spiro atoms. The summed E-state index contributed by atoms with van der Waals surface area (Å²) in [5, 5.41) is 0. The van der Waals surface area contributed by atoms with Crippen LogP contribution in [0.4, 0.5) is 0 Å². The SMILES string of the molecule is C[Si](C)(C)OC1C[C@@H](CI)O[C@H](c2ccccc2)[C@@H](c2ccccc2)OC2COC[C@@]21CI. The van der Waals surface area contributed by atoms with Gasteiger partial charge in [-0.25, -0.2) is 0 Å². The van der Waals surface area contributed by atoms with Crippen LogP contribution in [-0.2, 0) is 18.6 Å². The zero-order valence-corrected chi connectivity index (χ0v) is 24.9. The first-order valence-electron chi connectivity index (χ1n) is 11.6. The molecule has 0 bridgehead atoms. The number of alkyl halides is 2. The van der Waals surface area contributed by atoms with E-state index in [4.69, 9.17) is 18.6 Å². The minimum Gasteiger partial charge on any atom is -0.414 e. The lowest BCUT2D eigenvalue weighted by Crippen LogP contribution is -2.52. The number of fused-ring (bicyclic) bond motifs is 1. The third-order valence-corrected chi connectivity index (χ3v) is 9.89. The number of rotatable bonds is 6. The van der Waals surface area contributed by atoms with Gasteiger partial charge < -0.3 is 18.6 Å². The van der Waals surface area contributed by atoms with E-state index in [9.17, 15) is 0 Å². The van der Waals surface area contributed by atoms with Gasteiger partial charge in [-0.3, -0.25) is 0 Å². The van der Waals surface area contributed by atoms with Crippen LogP contribution in [-0.4, -0.2) is 48.7 Å². The molecule has 2 aliphatic heterocycles. The second-order valence-corrected chi connectivity index (χ2v) is 16.1. The topological polar surface area (TPSA) is 36.9 Å². The van der Waals surface area contributed by atoms with Crippen molar-refractivity contribution >= 4 is 53.5 Å². The molecule has 4 nitrogen and oxygen atoms in total. The zero-order chi connectivity index (χ0) is 23.5. The van der Waals surface area contributed by atoms with Crippen LogP contribution in [0.1, 0.15) is 29.8 Å². The molecule has 4 rings (SSSR count). The highest BCUT2D eigenvalue weighted by Crippen LogP contribution is 2.48. The highest BCUT2D eigenvalue weighted by atomic mass is 127. The van der Waals surface area contributed by atoms with Gasteiger partial charge in [-0.15, -0.1) is 0 Å². The van der Waals surface area contributed by atoms with Gasteiger partial charge in [0.2, 0.25) is 0 Å². The van der Waals surface area contributed by atoms with Crippen molar-refractivity contribution in [3.8, 4) is 0 Å². The van der Waals surface area contributed by atoms with E-state index in [1.54, 1.807) is 0 Å². The average molecular weight is 692 g/mol. The van der Waals surface area contributed by atoms with Gasteiger partial charge in [0, 0.05) is 15.3 Å². The summed E-state index contributed by atoms with van der Waals surface area (Å²) in [4.78, 5) is 0. The van der Waals surface area contributed by atoms with E-state index < -0.39 is 8.32 Å². The van der Waals surface area contributed by atoms with Crippen molar-refractivity contribution in [1.82, 2.24) is 0 Å². The zero-order valence-electron chi connectivity index (χ0n) is 19.6. The highest BCUT2D eigenvalue weighted by Gasteiger charge is 2.54. The summed E-state index contributed by atoms with van der Waals surface area (Å²) < 4.78 is 28.8. The highest BCUT2D eigenvalue weighted by molar-refractivity contribution is 14.1. The molecule has 0 saturated carbocycles. The molecule has 2 fully saturated rings. The fourth-order valence-corrected chi connectivity index (χ4v) is 7.79. The van der Waals surface area contributed by atoms with Crippen molar-refractivity contribution in [2.24, 2.45) is 5.41 Å². The van der Waals surface area contributed by atoms with Crippen molar-refractivity contribution in [3.05, 3.63) is 71.8 Å². The van der Waals surface area contributed by atoms with Crippen molar-refractivity contribution in [2.75, 3.05) is 22.1 Å². The Bertz CT molecular complexity index is 879. The maximum Gasteiger partial charge on any atom is 0.184 e. The van der Waals surface area contributed by atoms with Crippen LogP contribution >= 0.6 is 45.2 Å². The maximum atomic E-state index is 7.06. The molecule has 2 aliphatic rings. The minimum absolute atomic E-state index is 0.0410. The van der Waals surface area contributed by atoms with E-state index in [1.165, 1.54) is 0 Å². The summed E-state index contributed by atoms with van der Waals surface area (Å²) >= 11 is 4.98. The van der Waals surface area contributed by atoms with Gasteiger partial charge in [-0.05, 0) is 30.8 Å². The molecule has 2 aromatic carbocycles. The molecule has 2 saturated heterocycles. The Morgan fingerprint density at radius 1 is 0.909 bits per heavy atom. The van der Waals surface area contributed by atoms with Crippen molar-refractivity contribution in [3.63, 3.8) is 0 Å². The molecule has 2 aromatic rings. The molecule has 0 amide bonds. The molecule has 6 atom stereocenters. The lowest BCUT2D eigenvalue weighted by Gasteiger charge is -2.42. The number of hydrogen-bond donors (Lipinski definition) is 0. The monoisotopic (exact) mass is 692 g/mol. The van der Waals surface area contributed by atoms with Crippen LogP contribution in [0.3, 0.4) is 0 Å². The fraction of sp³-hybridized carbons (Fsp3) is 0.538. The van der Waals surface area contributed by atoms with E-state index >= 15 is 0 Å². The Morgan fingerprint density at radius 2 is 1.48 bits per heavy atom. The van der Waals surface area contributed by atoms with E-state index in [0.717, 1.165) is 26.4 Å². The van der Waals surface area contributed by atoms with Gasteiger partial charge >= 0.3 is 0 Å². The third-order valence-electron chi connectivity index (χ3n) is 6.50. The molecular formula is C26H34I2O4Si. The van der Waals surface area contributed by atoms with Crippen LogP contribution in [0.2, 0.25) is 19.6 Å². The van der Waals surface area contributed by atoms with Crippen molar-refractivity contribution in [2.45, 2.75) is 56.6 Å². The summed E-state index contributed by atoms with van der Waals surface area (Å²) in [6.45, 7) is 8.07. The molecule has 0 N–H and O–H groups in total. The van der Waals surface area contributed by atoms with Gasteiger partial charge in [-0.1, -0.05) is 106 Å². The molecule has 33 heavy (non-hydrogen) atoms. The lowest BCUT2D eigenvalue weighted by atomic mass is 9.79. The first-order chi connectivity index (χ1) is 15.9. The molecule has 7 heteroatoms. The van der Waals surface area contributed by atoms with E-state index in [1.807, 2.05) is 0 Å². The first kappa shape index (κ1) is 26.0. The van der Waals surface area contributed by atoms with Crippen molar-refractivity contribution < 1.29 is 18.6 Å². The van der Waals surface area contributed by atoms with Gasteiger partial charge in [0.05, 0.1) is 36.9 Å². The number of ether oxygens (including phenoxy) is 3. The van der Waals surface area contributed by atoms with Crippen LogP contribution in [0.5, 0.6) is 0 Å². The number of benzene rings is 2. The molecular weight excluding hydrogens is 658 g/mol. The van der Waals surface area contributed by atoms with Crippen LogP contribution < -0.4 is 0 Å². The third kappa shape index (κ3) is 6.03. The molecule has 0 aliphatic carbocycles. The summed E-state index contributed by atoms with van der Waals surface area (Å²) in [7, 11) is -1.80. The normalized spacial score (nSPS) is 33.1. The minimum atomic E-state index is -1.80. The first-order valence-corrected chi connectivity index (χ1v) is 18.1. The largest absolute Gasteiger partial charge is 0.414 e. The van der Waals surface area contributed by atoms with Gasteiger partial charge in [-0.2, -0.15) is 0 Å². The Balaban J connectivity index is 1.82. The van der Waals surface area contributed by atoms with E-state index in [0.29, 0.717) is 13.2 Å². The van der Waals surface area contributed by atoms with Crippen LogP contribution in [0, 0.1) is 5.41 Å². The van der Waals surface area contributed by atoms with E-state index in [-0.39, 0.29) is 35.9 Å².